The van der Waals surface area contributed by atoms with Crippen molar-refractivity contribution in [2.24, 2.45) is 5.73 Å². The zero-order valence-electron chi connectivity index (χ0n) is 14.9. The fourth-order valence-corrected chi connectivity index (χ4v) is 3.82. The third-order valence-corrected chi connectivity index (χ3v) is 5.26. The first-order chi connectivity index (χ1) is 11.7. The molecule has 0 aromatic heterocycles. The van der Waals surface area contributed by atoms with Crippen LogP contribution in [0.1, 0.15) is 70.6 Å². The first-order valence-corrected chi connectivity index (χ1v) is 9.74. The van der Waals surface area contributed by atoms with Crippen molar-refractivity contribution in [3.05, 3.63) is 0 Å². The van der Waals surface area contributed by atoms with Crippen LogP contribution in [0.4, 0.5) is 4.79 Å². The van der Waals surface area contributed by atoms with Crippen LogP contribution >= 0.6 is 0 Å². The topological polar surface area (TPSA) is 87.5 Å². The number of carbonyl (C=O) groups is 2. The SMILES string of the molecule is NCC1CCCN1C(=O)CCCCCNC(=O)NC1CCCCC1. The average molecular weight is 338 g/mol. The molecule has 1 heterocycles. The van der Waals surface area contributed by atoms with E-state index in [2.05, 4.69) is 10.6 Å². The van der Waals surface area contributed by atoms with Crippen LogP contribution in [0.5, 0.6) is 0 Å². The Bertz CT molecular complexity index is 396. The molecule has 2 aliphatic rings. The fourth-order valence-electron chi connectivity index (χ4n) is 3.82. The van der Waals surface area contributed by atoms with E-state index in [1.165, 1.54) is 19.3 Å². The van der Waals surface area contributed by atoms with Gasteiger partial charge in [0.2, 0.25) is 5.91 Å². The summed E-state index contributed by atoms with van der Waals surface area (Å²) < 4.78 is 0. The number of rotatable bonds is 8. The molecule has 1 aliphatic heterocycles. The standard InChI is InChI=1S/C18H34N4O2/c19-14-16-10-7-13-22(16)17(23)11-5-2-6-12-20-18(24)21-15-8-3-1-4-9-15/h15-16H,1-14,19H2,(H2,20,21,24). The molecule has 1 aliphatic carbocycles. The summed E-state index contributed by atoms with van der Waals surface area (Å²) in [6.45, 7) is 2.12. The zero-order chi connectivity index (χ0) is 17.2. The molecule has 0 spiro atoms. The number of urea groups is 1. The van der Waals surface area contributed by atoms with Crippen LogP contribution in [0.2, 0.25) is 0 Å². The molecule has 0 radical (unpaired) electrons. The van der Waals surface area contributed by atoms with Gasteiger partial charge in [-0.1, -0.05) is 25.7 Å². The van der Waals surface area contributed by atoms with Crippen LogP contribution in [-0.4, -0.2) is 48.6 Å². The Labute approximate surface area is 145 Å². The maximum atomic E-state index is 12.2. The monoisotopic (exact) mass is 338 g/mol. The number of amides is 3. The van der Waals surface area contributed by atoms with Crippen molar-refractivity contribution in [2.75, 3.05) is 19.6 Å². The fraction of sp³-hybridized carbons (Fsp3) is 0.889. The van der Waals surface area contributed by atoms with Gasteiger partial charge in [-0.05, 0) is 38.5 Å². The van der Waals surface area contributed by atoms with Crippen molar-refractivity contribution in [1.82, 2.24) is 15.5 Å². The molecular weight excluding hydrogens is 304 g/mol. The van der Waals surface area contributed by atoms with Gasteiger partial charge in [0.15, 0.2) is 0 Å². The Hall–Kier alpha value is -1.30. The van der Waals surface area contributed by atoms with Gasteiger partial charge in [0, 0.05) is 38.1 Å². The molecule has 24 heavy (non-hydrogen) atoms. The summed E-state index contributed by atoms with van der Waals surface area (Å²) in [5, 5.41) is 5.98. The molecule has 1 saturated carbocycles. The van der Waals surface area contributed by atoms with Crippen LogP contribution in [0.3, 0.4) is 0 Å². The molecule has 4 N–H and O–H groups in total. The van der Waals surface area contributed by atoms with E-state index in [1.54, 1.807) is 0 Å². The molecule has 138 valence electrons. The largest absolute Gasteiger partial charge is 0.338 e. The molecule has 6 nitrogen and oxygen atoms in total. The molecular formula is C18H34N4O2. The summed E-state index contributed by atoms with van der Waals surface area (Å²) in [6.07, 6.45) is 11.5. The van der Waals surface area contributed by atoms with Gasteiger partial charge < -0.3 is 21.3 Å². The minimum Gasteiger partial charge on any atom is -0.338 e. The van der Waals surface area contributed by atoms with Gasteiger partial charge in [0.1, 0.15) is 0 Å². The predicted octanol–water partition coefficient (Wildman–Crippen LogP) is 2.13. The van der Waals surface area contributed by atoms with Gasteiger partial charge in [-0.2, -0.15) is 0 Å². The smallest absolute Gasteiger partial charge is 0.315 e. The molecule has 1 unspecified atom stereocenters. The van der Waals surface area contributed by atoms with Gasteiger partial charge in [0.05, 0.1) is 0 Å². The molecule has 0 aromatic carbocycles. The molecule has 0 aromatic rings. The normalized spacial score (nSPS) is 21.7. The van der Waals surface area contributed by atoms with E-state index in [1.807, 2.05) is 4.90 Å². The van der Waals surface area contributed by atoms with Crippen molar-refractivity contribution in [3.8, 4) is 0 Å². The number of hydrogen-bond acceptors (Lipinski definition) is 3. The van der Waals surface area contributed by atoms with E-state index in [0.717, 1.165) is 51.5 Å². The van der Waals surface area contributed by atoms with E-state index in [9.17, 15) is 9.59 Å². The van der Waals surface area contributed by atoms with E-state index in [0.29, 0.717) is 25.6 Å². The minimum atomic E-state index is -0.0409. The second kappa shape index (κ2) is 10.5. The molecule has 2 fully saturated rings. The lowest BCUT2D eigenvalue weighted by Crippen LogP contribution is -2.43. The number of carbonyl (C=O) groups excluding carboxylic acids is 2. The Morgan fingerprint density at radius 2 is 1.79 bits per heavy atom. The van der Waals surface area contributed by atoms with E-state index < -0.39 is 0 Å². The van der Waals surface area contributed by atoms with Gasteiger partial charge in [-0.25, -0.2) is 4.79 Å². The second-order valence-electron chi connectivity index (χ2n) is 7.16. The van der Waals surface area contributed by atoms with Crippen molar-refractivity contribution >= 4 is 11.9 Å². The number of hydrogen-bond donors (Lipinski definition) is 3. The lowest BCUT2D eigenvalue weighted by molar-refractivity contribution is -0.132. The number of unbranched alkanes of at least 4 members (excludes halogenated alkanes) is 2. The highest BCUT2D eigenvalue weighted by Crippen LogP contribution is 2.18. The Morgan fingerprint density at radius 3 is 2.54 bits per heavy atom. The highest BCUT2D eigenvalue weighted by Gasteiger charge is 2.26. The van der Waals surface area contributed by atoms with Gasteiger partial charge in [-0.15, -0.1) is 0 Å². The van der Waals surface area contributed by atoms with Gasteiger partial charge >= 0.3 is 6.03 Å². The van der Waals surface area contributed by atoms with Crippen molar-refractivity contribution in [3.63, 3.8) is 0 Å². The number of nitrogens with two attached hydrogens (primary N) is 1. The van der Waals surface area contributed by atoms with Crippen LogP contribution < -0.4 is 16.4 Å². The molecule has 1 saturated heterocycles. The predicted molar refractivity (Wildman–Crippen MR) is 95.7 cm³/mol. The summed E-state index contributed by atoms with van der Waals surface area (Å²) in [5.74, 6) is 0.242. The number of likely N-dealkylation sites (tertiary alicyclic amines) is 1. The van der Waals surface area contributed by atoms with E-state index >= 15 is 0 Å². The van der Waals surface area contributed by atoms with E-state index in [4.69, 9.17) is 5.73 Å². The minimum absolute atomic E-state index is 0.0409. The van der Waals surface area contributed by atoms with Crippen molar-refractivity contribution in [1.29, 1.82) is 0 Å². The molecule has 6 heteroatoms. The van der Waals surface area contributed by atoms with Crippen molar-refractivity contribution < 1.29 is 9.59 Å². The molecule has 3 amide bonds. The van der Waals surface area contributed by atoms with Gasteiger partial charge in [0.25, 0.3) is 0 Å². The van der Waals surface area contributed by atoms with E-state index in [-0.39, 0.29) is 18.0 Å². The summed E-state index contributed by atoms with van der Waals surface area (Å²) >= 11 is 0. The third-order valence-electron chi connectivity index (χ3n) is 5.26. The number of nitrogens with one attached hydrogen (secondary N) is 2. The third kappa shape index (κ3) is 6.30. The summed E-state index contributed by atoms with van der Waals surface area (Å²) in [7, 11) is 0. The summed E-state index contributed by atoms with van der Waals surface area (Å²) in [6, 6.07) is 0.566. The lowest BCUT2D eigenvalue weighted by Gasteiger charge is -2.23. The molecule has 1 atom stereocenters. The summed E-state index contributed by atoms with van der Waals surface area (Å²) in [4.78, 5) is 25.9. The second-order valence-corrected chi connectivity index (χ2v) is 7.16. The first-order valence-electron chi connectivity index (χ1n) is 9.74. The first kappa shape index (κ1) is 19.0. The highest BCUT2D eigenvalue weighted by atomic mass is 16.2. The van der Waals surface area contributed by atoms with Crippen LogP contribution in [0.25, 0.3) is 0 Å². The maximum absolute atomic E-state index is 12.2. The highest BCUT2D eigenvalue weighted by molar-refractivity contribution is 5.76. The van der Waals surface area contributed by atoms with Crippen LogP contribution in [0, 0.1) is 0 Å². The Morgan fingerprint density at radius 1 is 1.00 bits per heavy atom. The van der Waals surface area contributed by atoms with Crippen LogP contribution in [-0.2, 0) is 4.79 Å². The lowest BCUT2D eigenvalue weighted by atomic mass is 9.96. The van der Waals surface area contributed by atoms with Crippen LogP contribution in [0.15, 0.2) is 0 Å². The van der Waals surface area contributed by atoms with Crippen molar-refractivity contribution in [2.45, 2.75) is 82.7 Å². The number of nitrogens with zero attached hydrogens (tertiary/aromatic N) is 1. The molecule has 2 rings (SSSR count). The Kier molecular flexibility index (Phi) is 8.36. The molecule has 0 bridgehead atoms. The Balaban J connectivity index is 1.47. The summed E-state index contributed by atoms with van der Waals surface area (Å²) in [5.41, 5.74) is 5.71. The maximum Gasteiger partial charge on any atom is 0.315 e. The zero-order valence-corrected chi connectivity index (χ0v) is 14.9. The van der Waals surface area contributed by atoms with Gasteiger partial charge in [-0.3, -0.25) is 4.79 Å². The average Bonchev–Trinajstić information content (AvgIpc) is 3.07. The quantitative estimate of drug-likeness (QED) is 0.593.